The summed E-state index contributed by atoms with van der Waals surface area (Å²) in [5.74, 6) is 0. The average Bonchev–Trinajstić information content (AvgIpc) is 1.66. The van der Waals surface area contributed by atoms with Gasteiger partial charge in [0.15, 0.2) is 5.11 Å². The summed E-state index contributed by atoms with van der Waals surface area (Å²) in [6, 6.07) is 0. The Balaban J connectivity index is 3.20. The van der Waals surface area contributed by atoms with Crippen molar-refractivity contribution in [3.63, 3.8) is 0 Å². The fourth-order valence-corrected chi connectivity index (χ4v) is 0.358. The van der Waals surface area contributed by atoms with E-state index in [4.69, 9.17) is 5.73 Å². The Kier molecular flexibility index (Phi) is 4.45. The topological polar surface area (TPSA) is 38.4 Å². The molecule has 46 valence electrons. The summed E-state index contributed by atoms with van der Waals surface area (Å²) in [6.45, 7) is 2.07. The molecular weight excluding hydrogens is 120 g/mol. The molecule has 8 heavy (non-hydrogen) atoms. The van der Waals surface area contributed by atoms with Crippen LogP contribution < -0.4 is 5.73 Å². The minimum absolute atomic E-state index is 0.221. The molecule has 0 aliphatic carbocycles. The second-order valence-electron chi connectivity index (χ2n) is 1.44. The summed E-state index contributed by atoms with van der Waals surface area (Å²) in [7, 11) is 0. The largest absolute Gasteiger partial charge is 0.374 e. The van der Waals surface area contributed by atoms with Gasteiger partial charge in [0.05, 0.1) is 0 Å². The average molecular weight is 130 g/mol. The first-order valence-electron chi connectivity index (χ1n) is 2.59. The molecule has 0 aliphatic heterocycles. The fourth-order valence-electron chi connectivity index (χ4n) is 0.284. The van der Waals surface area contributed by atoms with Crippen LogP contribution in [0, 0.1) is 0 Å². The second-order valence-corrected chi connectivity index (χ2v) is 1.86. The van der Waals surface area contributed by atoms with Crippen LogP contribution >= 0.6 is 12.2 Å². The van der Waals surface area contributed by atoms with E-state index >= 15 is 0 Å². The van der Waals surface area contributed by atoms with Crippen molar-refractivity contribution in [2.45, 2.75) is 19.8 Å². The normalized spacial score (nSPS) is 10.1. The Hall–Kier alpha value is -0.440. The van der Waals surface area contributed by atoms with E-state index in [0.717, 1.165) is 12.8 Å². The second kappa shape index (κ2) is 4.71. The minimum atomic E-state index is 0.221. The van der Waals surface area contributed by atoms with E-state index < -0.39 is 0 Å². The minimum Gasteiger partial charge on any atom is -0.374 e. The van der Waals surface area contributed by atoms with Crippen LogP contribution in [0.3, 0.4) is 0 Å². The summed E-state index contributed by atoms with van der Waals surface area (Å²) in [5, 5.41) is 0.221. The highest BCUT2D eigenvalue weighted by atomic mass is 32.1. The van der Waals surface area contributed by atoms with Crippen LogP contribution in [-0.2, 0) is 0 Å². The Morgan fingerprint density at radius 1 is 1.88 bits per heavy atom. The summed E-state index contributed by atoms with van der Waals surface area (Å²) >= 11 is 4.49. The van der Waals surface area contributed by atoms with E-state index in [2.05, 4.69) is 24.1 Å². The van der Waals surface area contributed by atoms with Crippen LogP contribution in [-0.4, -0.2) is 11.3 Å². The molecule has 0 saturated heterocycles. The van der Waals surface area contributed by atoms with Crippen molar-refractivity contribution in [1.82, 2.24) is 0 Å². The SMILES string of the molecule is CCC/C=N/C(N)=S. The zero-order chi connectivity index (χ0) is 6.41. The number of nitrogens with two attached hydrogens (primary N) is 1. The summed E-state index contributed by atoms with van der Waals surface area (Å²) in [4.78, 5) is 3.70. The van der Waals surface area contributed by atoms with Gasteiger partial charge < -0.3 is 5.73 Å². The van der Waals surface area contributed by atoms with E-state index in [0.29, 0.717) is 0 Å². The Morgan fingerprint density at radius 2 is 2.50 bits per heavy atom. The molecule has 0 fully saturated rings. The van der Waals surface area contributed by atoms with Gasteiger partial charge in [-0.1, -0.05) is 13.3 Å². The number of hydrogen-bond acceptors (Lipinski definition) is 1. The van der Waals surface area contributed by atoms with Crippen molar-refractivity contribution >= 4 is 23.5 Å². The van der Waals surface area contributed by atoms with Crippen LogP contribution in [0.1, 0.15) is 19.8 Å². The van der Waals surface area contributed by atoms with Crippen LogP contribution in [0.15, 0.2) is 4.99 Å². The maximum Gasteiger partial charge on any atom is 0.189 e. The number of nitrogens with zero attached hydrogens (tertiary/aromatic N) is 1. The molecule has 0 saturated carbocycles. The highest BCUT2D eigenvalue weighted by Crippen LogP contribution is 1.79. The number of thiocarbonyl (C=S) groups is 1. The highest BCUT2D eigenvalue weighted by molar-refractivity contribution is 7.80. The van der Waals surface area contributed by atoms with Crippen molar-refractivity contribution in [3.05, 3.63) is 0 Å². The van der Waals surface area contributed by atoms with Gasteiger partial charge in [0.25, 0.3) is 0 Å². The lowest BCUT2D eigenvalue weighted by molar-refractivity contribution is 1.01. The fraction of sp³-hybridized carbons (Fsp3) is 0.600. The molecule has 0 aromatic rings. The van der Waals surface area contributed by atoms with Crippen LogP contribution in [0.4, 0.5) is 0 Å². The van der Waals surface area contributed by atoms with E-state index in [1.54, 1.807) is 6.21 Å². The summed E-state index contributed by atoms with van der Waals surface area (Å²) in [6.07, 6.45) is 3.78. The molecule has 0 aliphatic rings. The lowest BCUT2D eigenvalue weighted by Crippen LogP contribution is -2.03. The Morgan fingerprint density at radius 3 is 2.88 bits per heavy atom. The zero-order valence-electron chi connectivity index (χ0n) is 4.92. The number of rotatable bonds is 2. The van der Waals surface area contributed by atoms with Gasteiger partial charge in [-0.2, -0.15) is 0 Å². The van der Waals surface area contributed by atoms with Gasteiger partial charge in [-0.15, -0.1) is 0 Å². The quantitative estimate of drug-likeness (QED) is 0.449. The molecular formula is C5H10N2S. The molecule has 0 amide bonds. The molecule has 0 rings (SSSR count). The van der Waals surface area contributed by atoms with E-state index in [1.807, 2.05) is 0 Å². The molecule has 0 heterocycles. The first-order chi connectivity index (χ1) is 3.77. The van der Waals surface area contributed by atoms with Gasteiger partial charge >= 0.3 is 0 Å². The first kappa shape index (κ1) is 7.56. The highest BCUT2D eigenvalue weighted by Gasteiger charge is 1.75. The number of hydrogen-bond donors (Lipinski definition) is 1. The third-order valence-electron chi connectivity index (χ3n) is 0.636. The Bertz CT molecular complexity index is 98.6. The van der Waals surface area contributed by atoms with Crippen molar-refractivity contribution < 1.29 is 0 Å². The van der Waals surface area contributed by atoms with Gasteiger partial charge in [0.2, 0.25) is 0 Å². The maximum atomic E-state index is 5.07. The molecule has 2 nitrogen and oxygen atoms in total. The van der Waals surface area contributed by atoms with E-state index in [9.17, 15) is 0 Å². The predicted molar refractivity (Wildman–Crippen MR) is 40.2 cm³/mol. The predicted octanol–water partition coefficient (Wildman–Crippen LogP) is 1.10. The van der Waals surface area contributed by atoms with Gasteiger partial charge in [0.1, 0.15) is 0 Å². The molecule has 3 heteroatoms. The smallest absolute Gasteiger partial charge is 0.189 e. The molecule has 0 radical (unpaired) electrons. The standard InChI is InChI=1S/C5H10N2S/c1-2-3-4-7-5(6)8/h4H,2-3H2,1H3,(H2,6,8)/b7-4+. The van der Waals surface area contributed by atoms with Gasteiger partial charge in [-0.05, 0) is 18.6 Å². The van der Waals surface area contributed by atoms with Crippen molar-refractivity contribution in [2.24, 2.45) is 10.7 Å². The van der Waals surface area contributed by atoms with Crippen molar-refractivity contribution in [1.29, 1.82) is 0 Å². The third-order valence-corrected chi connectivity index (χ3v) is 0.742. The monoisotopic (exact) mass is 130 g/mol. The molecule has 0 atom stereocenters. The van der Waals surface area contributed by atoms with Gasteiger partial charge in [0, 0.05) is 6.21 Å². The third kappa shape index (κ3) is 5.56. The molecule has 0 spiro atoms. The van der Waals surface area contributed by atoms with Gasteiger partial charge in [-0.3, -0.25) is 0 Å². The zero-order valence-corrected chi connectivity index (χ0v) is 5.74. The van der Waals surface area contributed by atoms with Crippen LogP contribution in [0.25, 0.3) is 0 Å². The number of unbranched alkanes of at least 4 members (excludes halogenated alkanes) is 1. The molecule has 0 aromatic carbocycles. The molecule has 0 aromatic heterocycles. The lowest BCUT2D eigenvalue weighted by atomic mass is 10.4. The number of aliphatic imine (C=N–C) groups is 1. The maximum absolute atomic E-state index is 5.07. The van der Waals surface area contributed by atoms with E-state index in [-0.39, 0.29) is 5.11 Å². The summed E-state index contributed by atoms with van der Waals surface area (Å²) < 4.78 is 0. The molecule has 0 unspecified atom stereocenters. The van der Waals surface area contributed by atoms with Gasteiger partial charge in [-0.25, -0.2) is 4.99 Å². The van der Waals surface area contributed by atoms with Crippen molar-refractivity contribution in [2.75, 3.05) is 0 Å². The van der Waals surface area contributed by atoms with E-state index in [1.165, 1.54) is 0 Å². The Labute approximate surface area is 54.8 Å². The lowest BCUT2D eigenvalue weighted by Gasteiger charge is -1.82. The van der Waals surface area contributed by atoms with Crippen LogP contribution in [0.5, 0.6) is 0 Å². The first-order valence-corrected chi connectivity index (χ1v) is 3.00. The summed E-state index contributed by atoms with van der Waals surface area (Å²) in [5.41, 5.74) is 5.07. The molecule has 0 bridgehead atoms. The molecule has 2 N–H and O–H groups in total. The van der Waals surface area contributed by atoms with Crippen LogP contribution in [0.2, 0.25) is 0 Å². The van der Waals surface area contributed by atoms with Crippen molar-refractivity contribution in [3.8, 4) is 0 Å².